The highest BCUT2D eigenvalue weighted by Gasteiger charge is 2.27. The molecule has 0 aliphatic rings. The summed E-state index contributed by atoms with van der Waals surface area (Å²) >= 11 is 0. The van der Waals surface area contributed by atoms with E-state index in [9.17, 15) is 18.5 Å². The number of aryl methyl sites for hydroxylation is 1. The number of aromatic nitrogens is 1. The number of hydrogen-bond acceptors (Lipinski definition) is 5. The Morgan fingerprint density at radius 2 is 1.79 bits per heavy atom. The van der Waals surface area contributed by atoms with Gasteiger partial charge >= 0.3 is 0 Å². The largest absolute Gasteiger partial charge is 0.350 e. The van der Waals surface area contributed by atoms with Gasteiger partial charge in [0.05, 0.1) is 4.92 Å². The van der Waals surface area contributed by atoms with Crippen molar-refractivity contribution >= 4 is 26.6 Å². The lowest BCUT2D eigenvalue weighted by molar-refractivity contribution is -0.387. The molecule has 28 heavy (non-hydrogen) atoms. The SMILES string of the molecule is CN(C)C(CNS(=O)(=O)c1ccccc1[N+](=O)[O-])c1cn(C)c2ccccc12. The highest BCUT2D eigenvalue weighted by molar-refractivity contribution is 7.89. The van der Waals surface area contributed by atoms with Crippen LogP contribution < -0.4 is 4.72 Å². The van der Waals surface area contributed by atoms with Crippen molar-refractivity contribution in [2.45, 2.75) is 10.9 Å². The van der Waals surface area contributed by atoms with Crippen LogP contribution in [0.1, 0.15) is 11.6 Å². The molecule has 148 valence electrons. The van der Waals surface area contributed by atoms with Gasteiger partial charge in [-0.25, -0.2) is 13.1 Å². The minimum atomic E-state index is -4.04. The molecule has 9 heteroatoms. The van der Waals surface area contributed by atoms with Crippen molar-refractivity contribution in [3.8, 4) is 0 Å². The third-order valence-electron chi connectivity index (χ3n) is 4.73. The average Bonchev–Trinajstić information content (AvgIpc) is 2.98. The van der Waals surface area contributed by atoms with Crippen LogP contribution in [0.2, 0.25) is 0 Å². The fourth-order valence-electron chi connectivity index (χ4n) is 3.31. The van der Waals surface area contributed by atoms with E-state index in [-0.39, 0.29) is 17.5 Å². The minimum Gasteiger partial charge on any atom is -0.350 e. The molecule has 0 bridgehead atoms. The van der Waals surface area contributed by atoms with Crippen LogP contribution in [0.25, 0.3) is 10.9 Å². The van der Waals surface area contributed by atoms with Crippen molar-refractivity contribution in [2.24, 2.45) is 7.05 Å². The summed E-state index contributed by atoms with van der Waals surface area (Å²) in [5.74, 6) is 0. The standard InChI is InChI=1S/C19H22N4O4S/c1-21(2)18(15-13-22(3)16-9-5-4-8-14(15)16)12-20-28(26,27)19-11-7-6-10-17(19)23(24)25/h4-11,13,18,20H,12H2,1-3H3. The first-order valence-corrected chi connectivity index (χ1v) is 10.1. The molecule has 0 fully saturated rings. The van der Waals surface area contributed by atoms with Crippen LogP contribution >= 0.6 is 0 Å². The van der Waals surface area contributed by atoms with Gasteiger partial charge in [-0.3, -0.25) is 10.1 Å². The van der Waals surface area contributed by atoms with E-state index in [1.54, 1.807) is 0 Å². The Bertz CT molecular complexity index is 1120. The van der Waals surface area contributed by atoms with Gasteiger partial charge in [0.25, 0.3) is 5.69 Å². The molecule has 1 heterocycles. The summed E-state index contributed by atoms with van der Waals surface area (Å²) in [6.07, 6.45) is 1.98. The second kappa shape index (κ2) is 7.70. The zero-order valence-electron chi connectivity index (χ0n) is 15.9. The van der Waals surface area contributed by atoms with Crippen LogP contribution in [0.15, 0.2) is 59.6 Å². The quantitative estimate of drug-likeness (QED) is 0.484. The molecule has 1 N–H and O–H groups in total. The molecule has 0 amide bonds. The van der Waals surface area contributed by atoms with Crippen LogP contribution in [0.3, 0.4) is 0 Å². The zero-order chi connectivity index (χ0) is 20.5. The first-order chi connectivity index (χ1) is 13.2. The number of fused-ring (bicyclic) bond motifs is 1. The number of nitro groups is 1. The molecule has 1 aromatic heterocycles. The van der Waals surface area contributed by atoms with E-state index >= 15 is 0 Å². The molecule has 2 aromatic carbocycles. The molecule has 0 radical (unpaired) electrons. The van der Waals surface area contributed by atoms with Crippen molar-refractivity contribution < 1.29 is 13.3 Å². The molecule has 3 rings (SSSR count). The van der Waals surface area contributed by atoms with E-state index in [4.69, 9.17) is 0 Å². The summed E-state index contributed by atoms with van der Waals surface area (Å²) in [5.41, 5.74) is 1.58. The van der Waals surface area contributed by atoms with E-state index in [1.165, 1.54) is 24.3 Å². The maximum atomic E-state index is 12.7. The van der Waals surface area contributed by atoms with Gasteiger partial charge in [0, 0.05) is 42.8 Å². The van der Waals surface area contributed by atoms with Gasteiger partial charge in [0.1, 0.15) is 0 Å². The van der Waals surface area contributed by atoms with Crippen molar-refractivity contribution in [2.75, 3.05) is 20.6 Å². The molecule has 1 unspecified atom stereocenters. The van der Waals surface area contributed by atoms with E-state index in [0.29, 0.717) is 0 Å². The maximum Gasteiger partial charge on any atom is 0.289 e. The van der Waals surface area contributed by atoms with Crippen LogP contribution in [0, 0.1) is 10.1 Å². The Labute approximate surface area is 163 Å². The van der Waals surface area contributed by atoms with Crippen LogP contribution in [-0.2, 0) is 17.1 Å². The number of hydrogen-bond donors (Lipinski definition) is 1. The van der Waals surface area contributed by atoms with E-state index in [2.05, 4.69) is 4.72 Å². The predicted molar refractivity (Wildman–Crippen MR) is 108 cm³/mol. The molecule has 1 atom stereocenters. The summed E-state index contributed by atoms with van der Waals surface area (Å²) in [5, 5.41) is 12.2. The van der Waals surface area contributed by atoms with E-state index in [0.717, 1.165) is 16.5 Å². The number of nitro benzene ring substituents is 1. The lowest BCUT2D eigenvalue weighted by atomic mass is 10.1. The number of benzene rings is 2. The van der Waals surface area contributed by atoms with Gasteiger partial charge in [-0.2, -0.15) is 0 Å². The van der Waals surface area contributed by atoms with E-state index in [1.807, 2.05) is 61.1 Å². The number of sulfonamides is 1. The highest BCUT2D eigenvalue weighted by Crippen LogP contribution is 2.29. The minimum absolute atomic E-state index is 0.0788. The van der Waals surface area contributed by atoms with Crippen LogP contribution in [-0.4, -0.2) is 43.4 Å². The number of likely N-dealkylation sites (N-methyl/N-ethyl adjacent to an activating group) is 1. The summed E-state index contributed by atoms with van der Waals surface area (Å²) in [4.78, 5) is 12.1. The zero-order valence-corrected chi connectivity index (χ0v) is 16.7. The Balaban J connectivity index is 1.93. The van der Waals surface area contributed by atoms with Crippen LogP contribution in [0.4, 0.5) is 5.69 Å². The topological polar surface area (TPSA) is 97.5 Å². The lowest BCUT2D eigenvalue weighted by Gasteiger charge is -2.24. The van der Waals surface area contributed by atoms with Gasteiger partial charge in [-0.05, 0) is 31.8 Å². The predicted octanol–water partition coefficient (Wildman–Crippen LogP) is 2.67. The van der Waals surface area contributed by atoms with Crippen LogP contribution in [0.5, 0.6) is 0 Å². The molecule has 3 aromatic rings. The molecule has 0 aliphatic heterocycles. The van der Waals surface area contributed by atoms with Gasteiger partial charge < -0.3 is 9.47 Å². The highest BCUT2D eigenvalue weighted by atomic mass is 32.2. The fraction of sp³-hybridized carbons (Fsp3) is 0.263. The number of nitrogens with zero attached hydrogens (tertiary/aromatic N) is 3. The summed E-state index contributed by atoms with van der Waals surface area (Å²) in [7, 11) is 1.63. The second-order valence-corrected chi connectivity index (χ2v) is 8.50. The third-order valence-corrected chi connectivity index (χ3v) is 6.20. The van der Waals surface area contributed by atoms with Crippen molar-refractivity contribution in [1.82, 2.24) is 14.2 Å². The van der Waals surface area contributed by atoms with Gasteiger partial charge in [-0.15, -0.1) is 0 Å². The summed E-state index contributed by atoms with van der Waals surface area (Å²) in [6, 6.07) is 13.0. The first-order valence-electron chi connectivity index (χ1n) is 8.66. The molecule has 8 nitrogen and oxygen atoms in total. The molecule has 0 saturated heterocycles. The fourth-order valence-corrected chi connectivity index (χ4v) is 4.52. The van der Waals surface area contributed by atoms with Crippen molar-refractivity contribution in [1.29, 1.82) is 0 Å². The molecule has 0 saturated carbocycles. The third kappa shape index (κ3) is 3.77. The van der Waals surface area contributed by atoms with Crippen molar-refractivity contribution in [3.63, 3.8) is 0 Å². The van der Waals surface area contributed by atoms with Gasteiger partial charge in [-0.1, -0.05) is 30.3 Å². The Kier molecular flexibility index (Phi) is 5.50. The molecular formula is C19H22N4O4S. The summed E-state index contributed by atoms with van der Waals surface area (Å²) < 4.78 is 30.0. The molecular weight excluding hydrogens is 380 g/mol. The van der Waals surface area contributed by atoms with Gasteiger partial charge in [0.2, 0.25) is 10.0 Å². The number of para-hydroxylation sites is 2. The monoisotopic (exact) mass is 402 g/mol. The van der Waals surface area contributed by atoms with Crippen molar-refractivity contribution in [3.05, 3.63) is 70.4 Å². The normalized spacial score (nSPS) is 13.1. The lowest BCUT2D eigenvalue weighted by Crippen LogP contribution is -2.34. The Morgan fingerprint density at radius 1 is 1.14 bits per heavy atom. The number of rotatable bonds is 7. The number of nitrogens with one attached hydrogen (secondary N) is 1. The average molecular weight is 402 g/mol. The maximum absolute atomic E-state index is 12.7. The first kappa shape index (κ1) is 20.0. The smallest absolute Gasteiger partial charge is 0.289 e. The van der Waals surface area contributed by atoms with Gasteiger partial charge in [0.15, 0.2) is 4.90 Å². The Morgan fingerprint density at radius 3 is 2.46 bits per heavy atom. The second-order valence-electron chi connectivity index (χ2n) is 6.77. The van der Waals surface area contributed by atoms with E-state index < -0.39 is 20.6 Å². The summed E-state index contributed by atoms with van der Waals surface area (Å²) in [6.45, 7) is 0.0788. The molecule has 0 spiro atoms. The molecule has 0 aliphatic carbocycles. The Hall–Kier alpha value is -2.75.